The third kappa shape index (κ3) is 2.22. The van der Waals surface area contributed by atoms with Crippen molar-refractivity contribution in [1.82, 2.24) is 9.97 Å². The summed E-state index contributed by atoms with van der Waals surface area (Å²) in [6.07, 6.45) is 1.31. The Labute approximate surface area is 172 Å². The molecule has 1 fully saturated rings. The monoisotopic (exact) mass is 411 g/mol. The lowest BCUT2D eigenvalue weighted by atomic mass is 9.67. The molecule has 2 bridgehead atoms. The van der Waals surface area contributed by atoms with Crippen molar-refractivity contribution < 1.29 is 4.79 Å². The first-order chi connectivity index (χ1) is 13.3. The smallest absolute Gasteiger partial charge is 0.237 e. The van der Waals surface area contributed by atoms with Crippen molar-refractivity contribution in [2.45, 2.75) is 38.0 Å². The van der Waals surface area contributed by atoms with Gasteiger partial charge in [-0.15, -0.1) is 0 Å². The molecule has 4 rings (SSSR count). The van der Waals surface area contributed by atoms with E-state index >= 15 is 0 Å². The highest BCUT2D eigenvalue weighted by atomic mass is 35.5. The zero-order valence-electron chi connectivity index (χ0n) is 15.2. The minimum atomic E-state index is -0.984. The number of fused-ring (bicyclic) bond motifs is 5. The Bertz CT molecular complexity index is 1090. The van der Waals surface area contributed by atoms with Gasteiger partial charge in [-0.1, -0.05) is 43.1 Å². The lowest BCUT2D eigenvalue weighted by Gasteiger charge is -2.36. The molecule has 140 valence electrons. The Morgan fingerprint density at radius 3 is 2.39 bits per heavy atom. The van der Waals surface area contributed by atoms with Crippen LogP contribution in [0.4, 0.5) is 5.69 Å². The molecule has 1 heterocycles. The van der Waals surface area contributed by atoms with E-state index in [1.807, 2.05) is 26.0 Å². The van der Waals surface area contributed by atoms with Crippen molar-refractivity contribution >= 4 is 34.8 Å². The molecule has 6 nitrogen and oxygen atoms in total. The summed E-state index contributed by atoms with van der Waals surface area (Å²) in [7, 11) is 0. The molecular formula is C20H15Cl2N5O. The van der Waals surface area contributed by atoms with Crippen molar-refractivity contribution in [3.8, 4) is 12.1 Å². The highest BCUT2D eigenvalue weighted by Crippen LogP contribution is 2.67. The second-order valence-corrected chi connectivity index (χ2v) is 8.46. The highest BCUT2D eigenvalue weighted by Gasteiger charge is 2.68. The molecule has 2 aliphatic rings. The van der Waals surface area contributed by atoms with Crippen molar-refractivity contribution in [3.05, 3.63) is 51.0 Å². The third-order valence-corrected chi connectivity index (χ3v) is 6.87. The molecule has 1 amide bonds. The van der Waals surface area contributed by atoms with Crippen LogP contribution in [0.25, 0.3) is 0 Å². The molecule has 1 saturated carbocycles. The van der Waals surface area contributed by atoms with E-state index < -0.39 is 10.8 Å². The van der Waals surface area contributed by atoms with Gasteiger partial charge in [-0.2, -0.15) is 10.5 Å². The van der Waals surface area contributed by atoms with Crippen LogP contribution in [0.1, 0.15) is 55.4 Å². The fourth-order valence-corrected chi connectivity index (χ4v) is 5.25. The van der Waals surface area contributed by atoms with Crippen LogP contribution in [-0.2, 0) is 10.2 Å². The van der Waals surface area contributed by atoms with Crippen LogP contribution in [0.15, 0.2) is 18.2 Å². The molecule has 2 aromatic rings. The van der Waals surface area contributed by atoms with Crippen LogP contribution in [0.5, 0.6) is 0 Å². The van der Waals surface area contributed by atoms with Gasteiger partial charge in [0.2, 0.25) is 5.91 Å². The predicted octanol–water partition coefficient (Wildman–Crippen LogP) is 4.32. The zero-order valence-corrected chi connectivity index (χ0v) is 16.7. The molecule has 1 N–H and O–H groups in total. The van der Waals surface area contributed by atoms with E-state index in [0.717, 1.165) is 6.42 Å². The van der Waals surface area contributed by atoms with Gasteiger partial charge in [-0.05, 0) is 30.4 Å². The fourth-order valence-electron chi connectivity index (χ4n) is 4.76. The van der Waals surface area contributed by atoms with Crippen LogP contribution in [0.2, 0.25) is 10.0 Å². The Balaban J connectivity index is 1.88. The second-order valence-electron chi connectivity index (χ2n) is 7.65. The number of hydrogen-bond acceptors (Lipinski definition) is 5. The summed E-state index contributed by atoms with van der Waals surface area (Å²) < 4.78 is 0. The average molecular weight is 412 g/mol. The van der Waals surface area contributed by atoms with Crippen LogP contribution in [0, 0.1) is 28.1 Å². The first-order valence-corrected chi connectivity index (χ1v) is 9.51. The van der Waals surface area contributed by atoms with Gasteiger partial charge >= 0.3 is 0 Å². The van der Waals surface area contributed by atoms with Gasteiger partial charge in [0.05, 0.1) is 32.5 Å². The van der Waals surface area contributed by atoms with Gasteiger partial charge in [0.1, 0.15) is 12.1 Å². The molecular weight excluding hydrogens is 397 g/mol. The molecule has 8 heteroatoms. The number of nitrogens with one attached hydrogen (secondary N) is 1. The topological polar surface area (TPSA) is 102 Å². The van der Waals surface area contributed by atoms with Crippen molar-refractivity contribution in [1.29, 1.82) is 10.5 Å². The lowest BCUT2D eigenvalue weighted by molar-refractivity contribution is -0.124. The van der Waals surface area contributed by atoms with Crippen LogP contribution >= 0.6 is 23.2 Å². The third-order valence-electron chi connectivity index (χ3n) is 6.24. The minimum Gasteiger partial charge on any atom is -0.323 e. The van der Waals surface area contributed by atoms with E-state index in [0.29, 0.717) is 33.5 Å². The number of anilines is 1. The number of para-hydroxylation sites is 1. The van der Waals surface area contributed by atoms with Crippen LogP contribution in [0.3, 0.4) is 0 Å². The molecule has 2 atom stereocenters. The summed E-state index contributed by atoms with van der Waals surface area (Å²) in [4.78, 5) is 22.4. The maximum absolute atomic E-state index is 13.6. The van der Waals surface area contributed by atoms with E-state index in [9.17, 15) is 15.3 Å². The van der Waals surface area contributed by atoms with E-state index in [-0.39, 0.29) is 23.2 Å². The number of benzene rings is 1. The van der Waals surface area contributed by atoms with E-state index in [4.69, 9.17) is 23.2 Å². The maximum Gasteiger partial charge on any atom is 0.237 e. The number of amides is 1. The van der Waals surface area contributed by atoms with Crippen molar-refractivity contribution in [2.75, 3.05) is 5.32 Å². The van der Waals surface area contributed by atoms with E-state index in [1.54, 1.807) is 18.2 Å². The molecule has 0 spiro atoms. The van der Waals surface area contributed by atoms with Crippen LogP contribution in [-0.4, -0.2) is 15.9 Å². The number of carbonyl (C=O) groups excluding carboxylic acids is 1. The van der Waals surface area contributed by atoms with E-state index in [2.05, 4.69) is 15.3 Å². The predicted molar refractivity (Wildman–Crippen MR) is 104 cm³/mol. The fraction of sp³-hybridized carbons (Fsp3) is 0.350. The largest absolute Gasteiger partial charge is 0.323 e. The van der Waals surface area contributed by atoms with Gasteiger partial charge in [0, 0.05) is 5.92 Å². The molecule has 0 aliphatic heterocycles. The standard InChI is InChI=1S/C20H15Cl2N5O/c1-19(2)10-6-7-20(19,17-15(10)25-13(8-23)14(9-24)26-17)18(28)27-16-11(21)4-3-5-12(16)22/h3-5,10H,6-7H2,1-2H3,(H,27,28). The molecule has 28 heavy (non-hydrogen) atoms. The Morgan fingerprint density at radius 2 is 1.79 bits per heavy atom. The number of carbonyl (C=O) groups is 1. The summed E-state index contributed by atoms with van der Waals surface area (Å²) in [6.45, 7) is 4.00. The zero-order chi connectivity index (χ0) is 20.3. The van der Waals surface area contributed by atoms with Gasteiger partial charge in [0.15, 0.2) is 11.4 Å². The first-order valence-electron chi connectivity index (χ1n) is 8.76. The Morgan fingerprint density at radius 1 is 1.18 bits per heavy atom. The van der Waals surface area contributed by atoms with Crippen molar-refractivity contribution in [3.63, 3.8) is 0 Å². The second kappa shape index (κ2) is 6.17. The molecule has 0 radical (unpaired) electrons. The molecule has 1 aromatic heterocycles. The van der Waals surface area contributed by atoms with Crippen LogP contribution < -0.4 is 5.32 Å². The molecule has 2 aliphatic carbocycles. The number of hydrogen-bond donors (Lipinski definition) is 1. The number of halogens is 2. The van der Waals surface area contributed by atoms with Gasteiger partial charge in [0.25, 0.3) is 0 Å². The first kappa shape index (κ1) is 18.7. The SMILES string of the molecule is CC1(C)C2CCC1(C(=O)Nc1c(Cl)cccc1Cl)c1nc(C#N)c(C#N)nc12. The maximum atomic E-state index is 13.6. The number of nitrogens with zero attached hydrogens (tertiary/aromatic N) is 4. The van der Waals surface area contributed by atoms with Gasteiger partial charge < -0.3 is 5.32 Å². The summed E-state index contributed by atoms with van der Waals surface area (Å²) in [5.74, 6) is -0.307. The summed E-state index contributed by atoms with van der Waals surface area (Å²) >= 11 is 12.5. The average Bonchev–Trinajstić information content (AvgIpc) is 3.05. The number of nitriles is 2. The Kier molecular flexibility index (Phi) is 4.12. The number of aromatic nitrogens is 2. The highest BCUT2D eigenvalue weighted by molar-refractivity contribution is 6.39. The molecule has 2 unspecified atom stereocenters. The summed E-state index contributed by atoms with van der Waals surface area (Å²) in [5, 5.41) is 22.2. The van der Waals surface area contributed by atoms with Crippen molar-refractivity contribution in [2.24, 2.45) is 5.41 Å². The molecule has 1 aromatic carbocycles. The minimum absolute atomic E-state index is 0.00527. The normalized spacial score (nSPS) is 23.6. The lowest BCUT2D eigenvalue weighted by Crippen LogP contribution is -2.47. The number of rotatable bonds is 2. The van der Waals surface area contributed by atoms with Gasteiger partial charge in [-0.3, -0.25) is 4.79 Å². The Hall–Kier alpha value is -2.67. The summed E-state index contributed by atoms with van der Waals surface area (Å²) in [6, 6.07) is 8.85. The summed E-state index contributed by atoms with van der Waals surface area (Å²) in [5.41, 5.74) is -0.0881. The van der Waals surface area contributed by atoms with E-state index in [1.165, 1.54) is 0 Å². The van der Waals surface area contributed by atoms with Gasteiger partial charge in [-0.25, -0.2) is 9.97 Å². The molecule has 0 saturated heterocycles. The quantitative estimate of drug-likeness (QED) is 0.792.